The molecule has 0 aromatic heterocycles. The first-order chi connectivity index (χ1) is 11.3. The molecule has 0 atom stereocenters. The molecule has 1 aliphatic heterocycles. The predicted octanol–water partition coefficient (Wildman–Crippen LogP) is 2.92. The molecule has 0 spiro atoms. The van der Waals surface area contributed by atoms with Crippen LogP contribution < -0.4 is 11.1 Å². The summed E-state index contributed by atoms with van der Waals surface area (Å²) in [7, 11) is 0. The van der Waals surface area contributed by atoms with E-state index in [0.717, 1.165) is 39.1 Å². The number of benzene rings is 1. The van der Waals surface area contributed by atoms with Crippen LogP contribution in [0.3, 0.4) is 0 Å². The van der Waals surface area contributed by atoms with Crippen LogP contribution in [0.2, 0.25) is 0 Å². The van der Waals surface area contributed by atoms with E-state index in [4.69, 9.17) is 5.73 Å². The lowest BCUT2D eigenvalue weighted by Gasteiger charge is -2.28. The number of fused-ring (bicyclic) bond motifs is 1. The van der Waals surface area contributed by atoms with Gasteiger partial charge in [-0.05, 0) is 30.4 Å². The third-order valence-electron chi connectivity index (χ3n) is 4.46. The van der Waals surface area contributed by atoms with Crippen LogP contribution in [0.1, 0.15) is 50.2 Å². The van der Waals surface area contributed by atoms with Crippen molar-refractivity contribution in [2.45, 2.75) is 52.0 Å². The Morgan fingerprint density at radius 3 is 2.83 bits per heavy atom. The quantitative estimate of drug-likeness (QED) is 0.418. The molecular weight excluding hydrogens is 284 g/mol. The third kappa shape index (κ3) is 6.61. The topological polar surface area (TPSA) is 53.6 Å². The zero-order valence-electron chi connectivity index (χ0n) is 14.6. The maximum atomic E-state index is 5.90. The van der Waals surface area contributed by atoms with E-state index < -0.39 is 0 Å². The van der Waals surface area contributed by atoms with Crippen molar-refractivity contribution in [1.29, 1.82) is 0 Å². The molecule has 0 bridgehead atoms. The third-order valence-corrected chi connectivity index (χ3v) is 4.46. The fourth-order valence-corrected chi connectivity index (χ4v) is 3.06. The average molecular weight is 316 g/mol. The van der Waals surface area contributed by atoms with Crippen molar-refractivity contribution >= 4 is 5.96 Å². The Hall–Kier alpha value is -1.55. The van der Waals surface area contributed by atoms with E-state index in [0.29, 0.717) is 5.96 Å². The van der Waals surface area contributed by atoms with Gasteiger partial charge in [0.1, 0.15) is 0 Å². The molecule has 0 aliphatic carbocycles. The summed E-state index contributed by atoms with van der Waals surface area (Å²) in [5, 5.41) is 3.21. The fraction of sp³-hybridized carbons (Fsp3) is 0.632. The summed E-state index contributed by atoms with van der Waals surface area (Å²) < 4.78 is 0. The highest BCUT2D eigenvalue weighted by Crippen LogP contribution is 2.18. The van der Waals surface area contributed by atoms with Crippen molar-refractivity contribution in [3.8, 4) is 0 Å². The second-order valence-corrected chi connectivity index (χ2v) is 6.40. The van der Waals surface area contributed by atoms with Gasteiger partial charge in [0, 0.05) is 32.7 Å². The molecule has 0 saturated carbocycles. The van der Waals surface area contributed by atoms with Crippen LogP contribution in [0, 0.1) is 0 Å². The summed E-state index contributed by atoms with van der Waals surface area (Å²) in [4.78, 5) is 6.95. The van der Waals surface area contributed by atoms with Crippen LogP contribution in [0.4, 0.5) is 0 Å². The number of unbranched alkanes of at least 4 members (excludes halogenated alkanes) is 3. The number of rotatable bonds is 9. The molecule has 4 nitrogen and oxygen atoms in total. The van der Waals surface area contributed by atoms with Crippen LogP contribution in [0.5, 0.6) is 0 Å². The molecule has 3 N–H and O–H groups in total. The summed E-state index contributed by atoms with van der Waals surface area (Å²) in [5.41, 5.74) is 8.89. The minimum absolute atomic E-state index is 0.602. The van der Waals surface area contributed by atoms with Crippen molar-refractivity contribution < 1.29 is 0 Å². The maximum Gasteiger partial charge on any atom is 0.188 e. The zero-order chi connectivity index (χ0) is 16.3. The second kappa shape index (κ2) is 10.3. The molecule has 1 aliphatic rings. The van der Waals surface area contributed by atoms with E-state index in [9.17, 15) is 0 Å². The summed E-state index contributed by atoms with van der Waals surface area (Å²) >= 11 is 0. The van der Waals surface area contributed by atoms with Gasteiger partial charge in [-0.2, -0.15) is 0 Å². The van der Waals surface area contributed by atoms with Crippen LogP contribution in [0.15, 0.2) is 29.3 Å². The van der Waals surface area contributed by atoms with Crippen molar-refractivity contribution in [2.75, 3.05) is 26.2 Å². The van der Waals surface area contributed by atoms with Gasteiger partial charge < -0.3 is 11.1 Å². The fourth-order valence-electron chi connectivity index (χ4n) is 3.06. The lowest BCUT2D eigenvalue weighted by atomic mass is 10.00. The van der Waals surface area contributed by atoms with Crippen molar-refractivity contribution in [2.24, 2.45) is 10.7 Å². The van der Waals surface area contributed by atoms with E-state index >= 15 is 0 Å². The minimum atomic E-state index is 0.602. The lowest BCUT2D eigenvalue weighted by molar-refractivity contribution is 0.252. The van der Waals surface area contributed by atoms with Crippen molar-refractivity contribution in [1.82, 2.24) is 10.2 Å². The van der Waals surface area contributed by atoms with Crippen LogP contribution >= 0.6 is 0 Å². The first kappa shape index (κ1) is 17.8. The first-order valence-corrected chi connectivity index (χ1v) is 9.12. The van der Waals surface area contributed by atoms with Crippen LogP contribution in [-0.4, -0.2) is 37.0 Å². The number of hydrogen-bond acceptors (Lipinski definition) is 2. The van der Waals surface area contributed by atoms with E-state index in [1.807, 2.05) is 0 Å². The molecular formula is C19H32N4. The number of guanidine groups is 1. The van der Waals surface area contributed by atoms with Gasteiger partial charge in [-0.3, -0.25) is 9.89 Å². The summed E-state index contributed by atoms with van der Waals surface area (Å²) in [6.45, 7) is 7.31. The van der Waals surface area contributed by atoms with E-state index in [-0.39, 0.29) is 0 Å². The summed E-state index contributed by atoms with van der Waals surface area (Å²) in [5.74, 6) is 0.602. The highest BCUT2D eigenvalue weighted by atomic mass is 15.1. The Morgan fingerprint density at radius 1 is 1.17 bits per heavy atom. The van der Waals surface area contributed by atoms with E-state index in [1.54, 1.807) is 0 Å². The molecule has 0 unspecified atom stereocenters. The molecule has 23 heavy (non-hydrogen) atoms. The predicted molar refractivity (Wildman–Crippen MR) is 98.7 cm³/mol. The number of aliphatic imine (C=N–C) groups is 1. The van der Waals surface area contributed by atoms with Gasteiger partial charge in [-0.25, -0.2) is 0 Å². The van der Waals surface area contributed by atoms with Gasteiger partial charge in [-0.1, -0.05) is 50.5 Å². The Bertz CT molecular complexity index is 484. The molecule has 1 heterocycles. The zero-order valence-corrected chi connectivity index (χ0v) is 14.6. The molecule has 0 amide bonds. The van der Waals surface area contributed by atoms with Crippen molar-refractivity contribution in [3.05, 3.63) is 35.4 Å². The Labute approximate surface area is 141 Å². The van der Waals surface area contributed by atoms with Gasteiger partial charge in [-0.15, -0.1) is 0 Å². The molecule has 128 valence electrons. The largest absolute Gasteiger partial charge is 0.370 e. The van der Waals surface area contributed by atoms with Gasteiger partial charge in [0.2, 0.25) is 0 Å². The minimum Gasteiger partial charge on any atom is -0.370 e. The molecule has 0 saturated heterocycles. The highest BCUT2D eigenvalue weighted by molar-refractivity contribution is 5.77. The lowest BCUT2D eigenvalue weighted by Crippen LogP contribution is -2.33. The number of hydrogen-bond donors (Lipinski definition) is 2. The van der Waals surface area contributed by atoms with Crippen LogP contribution in [0.25, 0.3) is 0 Å². The number of nitrogens with two attached hydrogens (primary N) is 1. The Morgan fingerprint density at radius 2 is 2.00 bits per heavy atom. The van der Waals surface area contributed by atoms with E-state index in [1.165, 1.54) is 43.2 Å². The second-order valence-electron chi connectivity index (χ2n) is 6.40. The highest BCUT2D eigenvalue weighted by Gasteiger charge is 2.14. The molecule has 0 fully saturated rings. The molecule has 1 aromatic carbocycles. The van der Waals surface area contributed by atoms with Crippen LogP contribution in [-0.2, 0) is 13.0 Å². The molecule has 4 heteroatoms. The Balaban J connectivity index is 1.57. The normalized spacial score (nSPS) is 15.4. The van der Waals surface area contributed by atoms with Gasteiger partial charge >= 0.3 is 0 Å². The first-order valence-electron chi connectivity index (χ1n) is 9.12. The maximum absolute atomic E-state index is 5.90. The Kier molecular flexibility index (Phi) is 7.95. The van der Waals surface area contributed by atoms with Gasteiger partial charge in [0.05, 0.1) is 0 Å². The van der Waals surface area contributed by atoms with E-state index in [2.05, 4.69) is 46.4 Å². The average Bonchev–Trinajstić information content (AvgIpc) is 2.58. The molecule has 2 rings (SSSR count). The number of nitrogens with zero attached hydrogens (tertiary/aromatic N) is 2. The smallest absolute Gasteiger partial charge is 0.188 e. The summed E-state index contributed by atoms with van der Waals surface area (Å²) in [6.07, 6.45) is 7.26. The molecule has 1 aromatic rings. The molecule has 0 radical (unpaired) electrons. The number of nitrogens with one attached hydrogen (secondary N) is 1. The van der Waals surface area contributed by atoms with Gasteiger partial charge in [0.15, 0.2) is 5.96 Å². The van der Waals surface area contributed by atoms with Crippen molar-refractivity contribution in [3.63, 3.8) is 0 Å². The standard InChI is InChI=1S/C19H32N4/c1-2-3-4-7-12-21-19(20)22-13-8-14-23-15-11-17-9-5-6-10-18(17)16-23/h5-6,9-10H,2-4,7-8,11-16H2,1H3,(H3,20,21,22). The summed E-state index contributed by atoms with van der Waals surface area (Å²) in [6, 6.07) is 8.78. The monoisotopic (exact) mass is 316 g/mol. The van der Waals surface area contributed by atoms with Gasteiger partial charge in [0.25, 0.3) is 0 Å². The SMILES string of the molecule is CCCCCCNC(N)=NCCCN1CCc2ccccc2C1.